The maximum Gasteiger partial charge on any atom is 0.312 e. The summed E-state index contributed by atoms with van der Waals surface area (Å²) in [5.74, 6) is -1.88. The first-order valence-electron chi connectivity index (χ1n) is 14.3. The Balaban J connectivity index is 1.74. The van der Waals surface area contributed by atoms with Gasteiger partial charge in [0.1, 0.15) is 23.3 Å². The molecule has 2 bridgehead atoms. The van der Waals surface area contributed by atoms with Gasteiger partial charge < -0.3 is 29.1 Å². The molecule has 40 heavy (non-hydrogen) atoms. The van der Waals surface area contributed by atoms with Crippen molar-refractivity contribution in [2.24, 2.45) is 11.8 Å². The molecule has 3 fully saturated rings. The summed E-state index contributed by atoms with van der Waals surface area (Å²) in [7, 11) is 1.58. The zero-order valence-corrected chi connectivity index (χ0v) is 23.7. The lowest BCUT2D eigenvalue weighted by atomic mass is 9.65. The third kappa shape index (κ3) is 5.05. The summed E-state index contributed by atoms with van der Waals surface area (Å²) in [5.41, 5.74) is -1.33. The number of aliphatic hydroxyl groups is 1. The highest BCUT2D eigenvalue weighted by Crippen LogP contribution is 2.64. The summed E-state index contributed by atoms with van der Waals surface area (Å²) >= 11 is 0. The fourth-order valence-corrected chi connectivity index (χ4v) is 6.86. The summed E-state index contributed by atoms with van der Waals surface area (Å²) in [5, 5.41) is 9.26. The quantitative estimate of drug-likeness (QED) is 0.200. The Kier molecular flexibility index (Phi) is 9.36. The first kappa shape index (κ1) is 29.8. The van der Waals surface area contributed by atoms with Gasteiger partial charge in [-0.25, -0.2) is 0 Å². The van der Waals surface area contributed by atoms with Crippen LogP contribution in [-0.2, 0) is 23.9 Å². The van der Waals surface area contributed by atoms with E-state index in [2.05, 4.69) is 13.2 Å². The van der Waals surface area contributed by atoms with Crippen LogP contribution in [0.1, 0.15) is 51.9 Å². The van der Waals surface area contributed by atoms with Gasteiger partial charge in [-0.05, 0) is 69.2 Å². The van der Waals surface area contributed by atoms with Crippen molar-refractivity contribution in [2.45, 2.75) is 69.1 Å². The largest absolute Gasteiger partial charge is 0.497 e. The highest BCUT2D eigenvalue weighted by atomic mass is 16.6. The van der Waals surface area contributed by atoms with Gasteiger partial charge in [0, 0.05) is 25.4 Å². The number of hydrogen-bond donors (Lipinski definition) is 1. The molecule has 218 valence electrons. The van der Waals surface area contributed by atoms with Crippen LogP contribution in [0.15, 0.2) is 49.6 Å². The number of carbonyl (C=O) groups excluding carboxylic acids is 3. The lowest BCUT2D eigenvalue weighted by Crippen LogP contribution is -2.56. The maximum absolute atomic E-state index is 14.5. The monoisotopic (exact) mass is 554 g/mol. The average molecular weight is 555 g/mol. The van der Waals surface area contributed by atoms with Crippen molar-refractivity contribution >= 4 is 23.5 Å². The number of methoxy groups -OCH3 is 1. The molecule has 1 aromatic rings. The molecule has 0 saturated carbocycles. The van der Waals surface area contributed by atoms with Crippen molar-refractivity contribution < 1.29 is 33.7 Å². The zero-order chi connectivity index (χ0) is 28.9. The maximum atomic E-state index is 14.5. The second-order valence-corrected chi connectivity index (χ2v) is 10.8. The Bertz CT molecular complexity index is 1110. The van der Waals surface area contributed by atoms with Gasteiger partial charge in [-0.1, -0.05) is 19.1 Å². The molecule has 3 aliphatic rings. The van der Waals surface area contributed by atoms with Crippen LogP contribution in [0.5, 0.6) is 5.75 Å². The number of esters is 1. The van der Waals surface area contributed by atoms with Gasteiger partial charge in [-0.15, -0.1) is 13.2 Å². The van der Waals surface area contributed by atoms with Crippen molar-refractivity contribution in [3.63, 3.8) is 0 Å². The van der Waals surface area contributed by atoms with Crippen molar-refractivity contribution in [3.8, 4) is 5.75 Å². The van der Waals surface area contributed by atoms with Crippen molar-refractivity contribution in [3.05, 3.63) is 49.6 Å². The van der Waals surface area contributed by atoms with Gasteiger partial charge in [-0.2, -0.15) is 0 Å². The number of carbonyl (C=O) groups is 3. The second kappa shape index (κ2) is 12.6. The van der Waals surface area contributed by atoms with Crippen molar-refractivity contribution in [1.82, 2.24) is 4.90 Å². The van der Waals surface area contributed by atoms with Gasteiger partial charge in [0.05, 0.1) is 25.2 Å². The minimum absolute atomic E-state index is 0.0637. The first-order valence-corrected chi connectivity index (χ1v) is 14.3. The smallest absolute Gasteiger partial charge is 0.312 e. The molecule has 2 unspecified atom stereocenters. The number of aliphatic hydroxyl groups excluding tert-OH is 1. The van der Waals surface area contributed by atoms with Crippen LogP contribution in [0.4, 0.5) is 5.69 Å². The Labute approximate surface area is 236 Å². The van der Waals surface area contributed by atoms with Crippen molar-refractivity contribution in [2.75, 3.05) is 38.3 Å². The van der Waals surface area contributed by atoms with E-state index in [0.717, 1.165) is 0 Å². The highest BCUT2D eigenvalue weighted by Gasteiger charge is 2.79. The number of hydrogen-bond acceptors (Lipinski definition) is 7. The Morgan fingerprint density at radius 3 is 2.55 bits per heavy atom. The molecule has 3 heterocycles. The normalized spacial score (nSPS) is 28.3. The first-order chi connectivity index (χ1) is 19.3. The Morgan fingerprint density at radius 2 is 1.93 bits per heavy atom. The van der Waals surface area contributed by atoms with Crippen LogP contribution in [0.3, 0.4) is 0 Å². The van der Waals surface area contributed by atoms with Crippen LogP contribution < -0.4 is 9.64 Å². The number of rotatable bonds is 15. The predicted molar refractivity (Wildman–Crippen MR) is 151 cm³/mol. The lowest BCUT2D eigenvalue weighted by Gasteiger charge is -2.37. The van der Waals surface area contributed by atoms with Crippen LogP contribution in [0, 0.1) is 11.8 Å². The fraction of sp³-hybridized carbons (Fsp3) is 0.581. The molecule has 2 amide bonds. The molecule has 0 aliphatic carbocycles. The van der Waals surface area contributed by atoms with E-state index in [-0.39, 0.29) is 31.6 Å². The van der Waals surface area contributed by atoms with Gasteiger partial charge in [0.2, 0.25) is 5.91 Å². The topological polar surface area (TPSA) is 106 Å². The van der Waals surface area contributed by atoms with Gasteiger partial charge in [0.25, 0.3) is 5.91 Å². The lowest BCUT2D eigenvalue weighted by molar-refractivity contribution is -0.160. The fourth-order valence-electron chi connectivity index (χ4n) is 6.86. The average Bonchev–Trinajstić information content (AvgIpc) is 3.57. The molecule has 9 nitrogen and oxygen atoms in total. The summed E-state index contributed by atoms with van der Waals surface area (Å²) in [6.07, 6.45) is 7.39. The second-order valence-electron chi connectivity index (χ2n) is 10.8. The highest BCUT2D eigenvalue weighted by molar-refractivity contribution is 6.04. The molecule has 1 N–H and O–H groups in total. The molecular formula is C31H42N2O7. The van der Waals surface area contributed by atoms with E-state index in [9.17, 15) is 19.5 Å². The van der Waals surface area contributed by atoms with E-state index < -0.39 is 35.0 Å². The molecular weight excluding hydrogens is 512 g/mol. The number of fused-ring (bicyclic) bond motifs is 1. The van der Waals surface area contributed by atoms with Crippen LogP contribution in [-0.4, -0.2) is 78.4 Å². The number of likely N-dealkylation sites (tertiary alicyclic amines) is 1. The van der Waals surface area contributed by atoms with Crippen molar-refractivity contribution in [1.29, 1.82) is 0 Å². The third-order valence-electron chi connectivity index (χ3n) is 8.75. The van der Waals surface area contributed by atoms with Gasteiger partial charge in [-0.3, -0.25) is 14.4 Å². The van der Waals surface area contributed by atoms with Crippen LogP contribution in [0.2, 0.25) is 0 Å². The SMILES string of the molecule is C=CCCOC(=O)[C@H]1[C@H]2C(=O)N(CCCCCO)C(C(=O)N(CC=C)c3ccc(OC)cc3)C23CC[C@]1(CC)O3. The van der Waals surface area contributed by atoms with E-state index in [4.69, 9.17) is 14.2 Å². The number of ether oxygens (including phenoxy) is 3. The number of anilines is 1. The Hall–Kier alpha value is -3.17. The molecule has 1 spiro atoms. The number of nitrogens with zero attached hydrogens (tertiary/aromatic N) is 2. The summed E-state index contributed by atoms with van der Waals surface area (Å²) in [6.45, 7) is 10.3. The molecule has 0 aromatic heterocycles. The molecule has 3 saturated heterocycles. The molecule has 1 aromatic carbocycles. The number of unbranched alkanes of at least 4 members (excludes halogenated alkanes) is 2. The predicted octanol–water partition coefficient (Wildman–Crippen LogP) is 3.65. The minimum Gasteiger partial charge on any atom is -0.497 e. The Morgan fingerprint density at radius 1 is 1.18 bits per heavy atom. The van der Waals surface area contributed by atoms with E-state index in [1.54, 1.807) is 53.3 Å². The van der Waals surface area contributed by atoms with E-state index in [0.29, 0.717) is 62.9 Å². The van der Waals surface area contributed by atoms with E-state index >= 15 is 0 Å². The number of amides is 2. The zero-order valence-electron chi connectivity index (χ0n) is 23.7. The summed E-state index contributed by atoms with van der Waals surface area (Å²) < 4.78 is 17.7. The molecule has 5 atom stereocenters. The molecule has 9 heteroatoms. The molecule has 0 radical (unpaired) electrons. The van der Waals surface area contributed by atoms with Crippen LogP contribution >= 0.6 is 0 Å². The third-order valence-corrected chi connectivity index (χ3v) is 8.75. The van der Waals surface area contributed by atoms with E-state index in [1.165, 1.54) is 0 Å². The van der Waals surface area contributed by atoms with Crippen LogP contribution in [0.25, 0.3) is 0 Å². The summed E-state index contributed by atoms with van der Waals surface area (Å²) in [6, 6.07) is 6.27. The molecule has 3 aliphatic heterocycles. The minimum atomic E-state index is -1.13. The summed E-state index contributed by atoms with van der Waals surface area (Å²) in [4.78, 5) is 45.5. The standard InChI is InChI=1S/C31H42N2O7/c1-5-8-21-39-29(37)25-24-27(35)33(19-10-9-11-20-34)26(31(24)17-16-30(25,7-3)40-31)28(36)32(18-6-2)22-12-14-23(38-4)15-13-22/h5-6,12-15,24-26,34H,1-2,7-11,16-21H2,3-4H3/t24-,25+,26?,30-,31?/m0/s1. The molecule has 4 rings (SSSR count). The number of benzene rings is 1. The van der Waals surface area contributed by atoms with Gasteiger partial charge in [0.15, 0.2) is 0 Å². The van der Waals surface area contributed by atoms with Gasteiger partial charge >= 0.3 is 5.97 Å². The van der Waals surface area contributed by atoms with E-state index in [1.807, 2.05) is 6.92 Å².